The summed E-state index contributed by atoms with van der Waals surface area (Å²) in [5.74, 6) is 0.682. The van der Waals surface area contributed by atoms with Crippen LogP contribution in [0.4, 0.5) is 10.5 Å². The molecule has 1 N–H and O–H groups in total. The number of halogens is 1. The van der Waals surface area contributed by atoms with Crippen LogP contribution in [-0.4, -0.2) is 50.6 Å². The Morgan fingerprint density at radius 2 is 2.23 bits per heavy atom. The van der Waals surface area contributed by atoms with E-state index >= 15 is 0 Å². The van der Waals surface area contributed by atoms with Gasteiger partial charge in [0, 0.05) is 18.3 Å². The maximum absolute atomic E-state index is 12.4. The number of hydrogen-bond acceptors (Lipinski definition) is 4. The molecule has 0 radical (unpaired) electrons. The van der Waals surface area contributed by atoms with E-state index in [1.165, 1.54) is 7.11 Å². The minimum atomic E-state index is -3.03. The summed E-state index contributed by atoms with van der Waals surface area (Å²) in [7, 11) is -1.52. The van der Waals surface area contributed by atoms with Gasteiger partial charge in [-0.25, -0.2) is 13.2 Å². The van der Waals surface area contributed by atoms with Crippen molar-refractivity contribution < 1.29 is 17.9 Å². The average Bonchev–Trinajstić information content (AvgIpc) is 2.80. The highest BCUT2D eigenvalue weighted by Crippen LogP contribution is 2.27. The van der Waals surface area contributed by atoms with Gasteiger partial charge in [0.25, 0.3) is 0 Å². The molecule has 1 aliphatic rings. The van der Waals surface area contributed by atoms with E-state index in [1.807, 2.05) is 6.92 Å². The quantitative estimate of drug-likeness (QED) is 0.908. The predicted octanol–water partition coefficient (Wildman–Crippen LogP) is 2.39. The summed E-state index contributed by atoms with van der Waals surface area (Å²) in [5, 5.41) is 3.14. The van der Waals surface area contributed by atoms with E-state index in [0.29, 0.717) is 29.4 Å². The maximum Gasteiger partial charge on any atom is 0.322 e. The van der Waals surface area contributed by atoms with Crippen molar-refractivity contribution in [3.05, 3.63) is 23.2 Å². The zero-order valence-electron chi connectivity index (χ0n) is 12.5. The van der Waals surface area contributed by atoms with Gasteiger partial charge in [0.1, 0.15) is 5.75 Å². The van der Waals surface area contributed by atoms with Crippen molar-refractivity contribution in [2.75, 3.05) is 30.5 Å². The Hall–Kier alpha value is -1.47. The lowest BCUT2D eigenvalue weighted by molar-refractivity contribution is 0.197. The van der Waals surface area contributed by atoms with Gasteiger partial charge in [-0.3, -0.25) is 0 Å². The molecular weight excluding hydrogens is 328 g/mol. The molecule has 1 saturated heterocycles. The van der Waals surface area contributed by atoms with Crippen LogP contribution in [0.25, 0.3) is 0 Å². The number of amides is 2. The first-order valence-electron chi connectivity index (χ1n) is 6.98. The van der Waals surface area contributed by atoms with Crippen molar-refractivity contribution >= 4 is 33.2 Å². The van der Waals surface area contributed by atoms with Crippen LogP contribution < -0.4 is 10.1 Å². The van der Waals surface area contributed by atoms with E-state index in [9.17, 15) is 13.2 Å². The number of rotatable bonds is 4. The van der Waals surface area contributed by atoms with E-state index in [1.54, 1.807) is 23.1 Å². The Morgan fingerprint density at radius 3 is 2.73 bits per heavy atom. The molecule has 1 aromatic carbocycles. The van der Waals surface area contributed by atoms with Crippen LogP contribution in [0.3, 0.4) is 0 Å². The number of nitrogens with zero attached hydrogens (tertiary/aromatic N) is 1. The number of ether oxygens (including phenoxy) is 1. The Balaban J connectivity index is 2.08. The van der Waals surface area contributed by atoms with Gasteiger partial charge in [-0.1, -0.05) is 11.6 Å². The lowest BCUT2D eigenvalue weighted by Crippen LogP contribution is -2.43. The summed E-state index contributed by atoms with van der Waals surface area (Å²) < 4.78 is 28.2. The summed E-state index contributed by atoms with van der Waals surface area (Å²) in [4.78, 5) is 13.9. The first-order chi connectivity index (χ1) is 10.4. The number of methoxy groups -OCH3 is 1. The second-order valence-corrected chi connectivity index (χ2v) is 7.76. The lowest BCUT2D eigenvalue weighted by atomic mass is 10.2. The van der Waals surface area contributed by atoms with Gasteiger partial charge in [-0.05, 0) is 31.5 Å². The molecule has 8 heteroatoms. The Kier molecular flexibility index (Phi) is 5.18. The second-order valence-electron chi connectivity index (χ2n) is 5.12. The van der Waals surface area contributed by atoms with Crippen molar-refractivity contribution in [3.8, 4) is 5.75 Å². The first-order valence-corrected chi connectivity index (χ1v) is 9.18. The third-order valence-corrected chi connectivity index (χ3v) is 5.70. The molecular formula is C14H19ClN2O4S. The average molecular weight is 347 g/mol. The van der Waals surface area contributed by atoms with Crippen molar-refractivity contribution in [2.24, 2.45) is 0 Å². The van der Waals surface area contributed by atoms with Crippen LogP contribution in [0.1, 0.15) is 13.3 Å². The van der Waals surface area contributed by atoms with Crippen LogP contribution in [0.5, 0.6) is 5.75 Å². The van der Waals surface area contributed by atoms with Gasteiger partial charge >= 0.3 is 6.03 Å². The predicted molar refractivity (Wildman–Crippen MR) is 86.5 cm³/mol. The highest BCUT2D eigenvalue weighted by Gasteiger charge is 2.33. The number of benzene rings is 1. The SMILES string of the molecule is CCN(C(=O)Nc1ccc(OC)c(Cl)c1)C1CCS(=O)(=O)C1. The molecule has 1 atom stereocenters. The fraction of sp³-hybridized carbons (Fsp3) is 0.500. The molecule has 1 aromatic rings. The zero-order valence-corrected chi connectivity index (χ0v) is 14.1. The smallest absolute Gasteiger partial charge is 0.322 e. The summed E-state index contributed by atoms with van der Waals surface area (Å²) in [6, 6.07) is 4.34. The zero-order chi connectivity index (χ0) is 16.3. The van der Waals surface area contributed by atoms with Gasteiger partial charge in [0.05, 0.1) is 23.6 Å². The fourth-order valence-electron chi connectivity index (χ4n) is 2.53. The van der Waals surface area contributed by atoms with Gasteiger partial charge < -0.3 is 15.0 Å². The first kappa shape index (κ1) is 16.9. The van der Waals surface area contributed by atoms with Gasteiger partial charge in [0.15, 0.2) is 9.84 Å². The third kappa shape index (κ3) is 3.84. The van der Waals surface area contributed by atoms with Crippen LogP contribution in [0, 0.1) is 0 Å². The van der Waals surface area contributed by atoms with Crippen molar-refractivity contribution in [1.82, 2.24) is 4.90 Å². The molecule has 0 aromatic heterocycles. The minimum Gasteiger partial charge on any atom is -0.495 e. The molecule has 22 heavy (non-hydrogen) atoms. The van der Waals surface area contributed by atoms with Gasteiger partial charge in [0.2, 0.25) is 0 Å². The highest BCUT2D eigenvalue weighted by atomic mass is 35.5. The molecule has 0 spiro atoms. The standard InChI is InChI=1S/C14H19ClN2O4S/c1-3-17(11-6-7-22(19,20)9-11)14(18)16-10-4-5-13(21-2)12(15)8-10/h4-5,8,11H,3,6-7,9H2,1-2H3,(H,16,18). The van der Waals surface area contributed by atoms with Gasteiger partial charge in [-0.15, -0.1) is 0 Å². The molecule has 0 bridgehead atoms. The molecule has 0 aliphatic carbocycles. The largest absolute Gasteiger partial charge is 0.495 e. The van der Waals surface area contributed by atoms with Crippen LogP contribution in [0.2, 0.25) is 5.02 Å². The van der Waals surface area contributed by atoms with E-state index in [2.05, 4.69) is 5.32 Å². The lowest BCUT2D eigenvalue weighted by Gasteiger charge is -2.27. The molecule has 6 nitrogen and oxygen atoms in total. The molecule has 122 valence electrons. The van der Waals surface area contributed by atoms with Crippen molar-refractivity contribution in [3.63, 3.8) is 0 Å². The molecule has 0 saturated carbocycles. The van der Waals surface area contributed by atoms with Gasteiger partial charge in [-0.2, -0.15) is 0 Å². The second kappa shape index (κ2) is 6.75. The summed E-state index contributed by atoms with van der Waals surface area (Å²) in [6.45, 7) is 2.27. The fourth-order valence-corrected chi connectivity index (χ4v) is 4.52. The number of carbonyl (C=O) groups excluding carboxylic acids is 1. The van der Waals surface area contributed by atoms with E-state index < -0.39 is 9.84 Å². The van der Waals surface area contributed by atoms with Crippen LogP contribution >= 0.6 is 11.6 Å². The van der Waals surface area contributed by atoms with Crippen LogP contribution in [0.15, 0.2) is 18.2 Å². The maximum atomic E-state index is 12.4. The number of carbonyl (C=O) groups is 1. The number of urea groups is 1. The normalized spacial score (nSPS) is 19.7. The Labute approximate surface area is 135 Å². The van der Waals surface area contributed by atoms with E-state index in [-0.39, 0.29) is 23.6 Å². The number of anilines is 1. The summed E-state index contributed by atoms with van der Waals surface area (Å²) in [6.07, 6.45) is 0.479. The third-order valence-electron chi connectivity index (χ3n) is 3.65. The molecule has 1 aliphatic heterocycles. The van der Waals surface area contributed by atoms with E-state index in [0.717, 1.165) is 0 Å². The topological polar surface area (TPSA) is 75.7 Å². The Morgan fingerprint density at radius 1 is 1.50 bits per heavy atom. The highest BCUT2D eigenvalue weighted by molar-refractivity contribution is 7.91. The van der Waals surface area contributed by atoms with Crippen molar-refractivity contribution in [2.45, 2.75) is 19.4 Å². The molecule has 1 fully saturated rings. The number of nitrogens with one attached hydrogen (secondary N) is 1. The van der Waals surface area contributed by atoms with Crippen molar-refractivity contribution in [1.29, 1.82) is 0 Å². The molecule has 1 heterocycles. The monoisotopic (exact) mass is 346 g/mol. The Bertz CT molecular complexity index is 663. The molecule has 1 unspecified atom stereocenters. The summed E-state index contributed by atoms with van der Waals surface area (Å²) >= 11 is 6.02. The van der Waals surface area contributed by atoms with Crippen LogP contribution in [-0.2, 0) is 9.84 Å². The molecule has 2 amide bonds. The summed E-state index contributed by atoms with van der Waals surface area (Å²) in [5.41, 5.74) is 0.537. The number of sulfone groups is 1. The minimum absolute atomic E-state index is 0.0254. The number of hydrogen-bond donors (Lipinski definition) is 1. The molecule has 2 rings (SSSR count). The van der Waals surface area contributed by atoms with E-state index in [4.69, 9.17) is 16.3 Å².